The summed E-state index contributed by atoms with van der Waals surface area (Å²) in [4.78, 5) is 0. The molecule has 1 atom stereocenters. The highest BCUT2D eigenvalue weighted by Crippen LogP contribution is 2.39. The van der Waals surface area contributed by atoms with E-state index in [0.29, 0.717) is 10.8 Å². The minimum atomic E-state index is 0.398. The van der Waals surface area contributed by atoms with Gasteiger partial charge < -0.3 is 0 Å². The summed E-state index contributed by atoms with van der Waals surface area (Å²) in [5.41, 5.74) is 0.873. The number of rotatable bonds is 6. The van der Waals surface area contributed by atoms with Gasteiger partial charge in [-0.05, 0) is 30.1 Å². The van der Waals surface area contributed by atoms with Gasteiger partial charge in [0.2, 0.25) is 0 Å². The second-order valence-electron chi connectivity index (χ2n) is 5.51. The molecule has 0 aromatic carbocycles. The quantitative estimate of drug-likeness (QED) is 0.512. The summed E-state index contributed by atoms with van der Waals surface area (Å²) in [6.07, 6.45) is 9.70. The van der Waals surface area contributed by atoms with Gasteiger partial charge >= 0.3 is 0 Å². The molecule has 0 aromatic rings. The van der Waals surface area contributed by atoms with Gasteiger partial charge in [-0.1, -0.05) is 60.1 Å². The van der Waals surface area contributed by atoms with Gasteiger partial charge in [0.25, 0.3) is 0 Å². The van der Waals surface area contributed by atoms with E-state index in [1.807, 2.05) is 0 Å². The van der Waals surface area contributed by atoms with Gasteiger partial charge in [-0.3, -0.25) is 0 Å². The largest absolute Gasteiger partial charge is 0.0883 e. The molecule has 0 aliphatic carbocycles. The molecule has 14 heavy (non-hydrogen) atoms. The average Bonchev–Trinajstić information content (AvgIpc) is 2.14. The molecule has 1 unspecified atom stereocenters. The molecular formula is C14H28. The predicted molar refractivity (Wildman–Crippen MR) is 66.5 cm³/mol. The topological polar surface area (TPSA) is 0 Å². The van der Waals surface area contributed by atoms with Gasteiger partial charge in [0, 0.05) is 0 Å². The predicted octanol–water partition coefficient (Wildman–Crippen LogP) is 5.20. The Hall–Kier alpha value is -0.260. The van der Waals surface area contributed by atoms with Crippen molar-refractivity contribution < 1.29 is 0 Å². The first-order valence-electron chi connectivity index (χ1n) is 6.07. The summed E-state index contributed by atoms with van der Waals surface area (Å²) in [7, 11) is 0. The van der Waals surface area contributed by atoms with Crippen molar-refractivity contribution in [1.82, 2.24) is 0 Å². The molecule has 0 aliphatic heterocycles. The monoisotopic (exact) mass is 196 g/mol. The van der Waals surface area contributed by atoms with Gasteiger partial charge in [0.15, 0.2) is 0 Å². The van der Waals surface area contributed by atoms with Crippen LogP contribution in [0.4, 0.5) is 0 Å². The summed E-state index contributed by atoms with van der Waals surface area (Å²) in [5, 5.41) is 0. The van der Waals surface area contributed by atoms with E-state index in [4.69, 9.17) is 0 Å². The molecule has 0 fully saturated rings. The molecule has 0 saturated heterocycles. The Morgan fingerprint density at radius 3 is 1.86 bits per heavy atom. The fourth-order valence-electron chi connectivity index (χ4n) is 1.92. The average molecular weight is 196 g/mol. The van der Waals surface area contributed by atoms with E-state index in [-0.39, 0.29) is 0 Å². The fourth-order valence-corrected chi connectivity index (χ4v) is 1.92. The zero-order chi connectivity index (χ0) is 11.2. The Balaban J connectivity index is 4.46. The van der Waals surface area contributed by atoms with Gasteiger partial charge in [0.1, 0.15) is 0 Å². The molecule has 0 rings (SSSR count). The van der Waals surface area contributed by atoms with E-state index in [1.165, 1.54) is 19.3 Å². The lowest BCUT2D eigenvalue weighted by Gasteiger charge is -2.34. The van der Waals surface area contributed by atoms with Crippen molar-refractivity contribution in [2.45, 2.75) is 67.2 Å². The number of allylic oxidation sites excluding steroid dienone is 2. The van der Waals surface area contributed by atoms with Gasteiger partial charge in [-0.2, -0.15) is 0 Å². The second kappa shape index (κ2) is 5.58. The van der Waals surface area contributed by atoms with Crippen LogP contribution in [0.1, 0.15) is 67.2 Å². The Bertz CT molecular complexity index is 176. The van der Waals surface area contributed by atoms with Crippen LogP contribution in [0.25, 0.3) is 0 Å². The van der Waals surface area contributed by atoms with Crippen LogP contribution in [0.3, 0.4) is 0 Å². The highest BCUT2D eigenvalue weighted by molar-refractivity contribution is 4.98. The van der Waals surface area contributed by atoms with Crippen LogP contribution in [-0.4, -0.2) is 0 Å². The van der Waals surface area contributed by atoms with E-state index < -0.39 is 0 Å². The summed E-state index contributed by atoms with van der Waals surface area (Å²) in [5.74, 6) is 0. The molecule has 0 heteroatoms. The van der Waals surface area contributed by atoms with Crippen molar-refractivity contribution in [2.24, 2.45) is 10.8 Å². The molecule has 0 amide bonds. The van der Waals surface area contributed by atoms with Crippen molar-refractivity contribution in [3.8, 4) is 0 Å². The first kappa shape index (κ1) is 13.7. The van der Waals surface area contributed by atoms with Crippen molar-refractivity contribution in [2.75, 3.05) is 0 Å². The number of hydrogen-bond acceptors (Lipinski definition) is 0. The molecule has 0 nitrogen and oxygen atoms in total. The Labute approximate surface area is 90.8 Å². The van der Waals surface area contributed by atoms with Crippen LogP contribution < -0.4 is 0 Å². The van der Waals surface area contributed by atoms with E-state index in [0.717, 1.165) is 6.42 Å². The Morgan fingerprint density at radius 2 is 1.50 bits per heavy atom. The van der Waals surface area contributed by atoms with Crippen LogP contribution >= 0.6 is 0 Å². The van der Waals surface area contributed by atoms with E-state index in [2.05, 4.69) is 53.7 Å². The van der Waals surface area contributed by atoms with E-state index in [9.17, 15) is 0 Å². The number of hydrogen-bond donors (Lipinski definition) is 0. The fraction of sp³-hybridized carbons (Fsp3) is 0.857. The molecule has 84 valence electrons. The molecule has 0 aliphatic rings. The highest BCUT2D eigenvalue weighted by Gasteiger charge is 2.27. The zero-order valence-corrected chi connectivity index (χ0v) is 11.0. The van der Waals surface area contributed by atoms with Crippen LogP contribution in [0, 0.1) is 10.8 Å². The third-order valence-corrected chi connectivity index (χ3v) is 3.40. The van der Waals surface area contributed by atoms with E-state index in [1.54, 1.807) is 0 Å². The normalized spacial score (nSPS) is 17.3. The van der Waals surface area contributed by atoms with Crippen molar-refractivity contribution in [3.05, 3.63) is 12.2 Å². The third kappa shape index (κ3) is 4.83. The standard InChI is InChI=1S/C14H28/c1-7-10-11-14(6,9-3)12-13(4,5)8-2/h10-11H,7-9,12H2,1-6H3. The van der Waals surface area contributed by atoms with Crippen molar-refractivity contribution >= 4 is 0 Å². The summed E-state index contributed by atoms with van der Waals surface area (Å²) < 4.78 is 0. The lowest BCUT2D eigenvalue weighted by Crippen LogP contribution is -2.23. The summed E-state index contributed by atoms with van der Waals surface area (Å²) in [6.45, 7) is 13.9. The maximum atomic E-state index is 2.42. The smallest absolute Gasteiger partial charge is 0.0144 e. The van der Waals surface area contributed by atoms with E-state index >= 15 is 0 Å². The molecule has 0 radical (unpaired) electrons. The molecule has 0 saturated carbocycles. The van der Waals surface area contributed by atoms with Gasteiger partial charge in [0.05, 0.1) is 0 Å². The maximum absolute atomic E-state index is 2.42. The molecule has 0 aromatic heterocycles. The maximum Gasteiger partial charge on any atom is -0.0144 e. The highest BCUT2D eigenvalue weighted by atomic mass is 14.3. The molecular weight excluding hydrogens is 168 g/mol. The van der Waals surface area contributed by atoms with Crippen LogP contribution in [0.15, 0.2) is 12.2 Å². The first-order chi connectivity index (χ1) is 6.39. The Morgan fingerprint density at radius 1 is 0.929 bits per heavy atom. The minimum Gasteiger partial charge on any atom is -0.0883 e. The minimum absolute atomic E-state index is 0.398. The first-order valence-corrected chi connectivity index (χ1v) is 6.07. The van der Waals surface area contributed by atoms with Crippen molar-refractivity contribution in [3.63, 3.8) is 0 Å². The SMILES string of the molecule is CCC=CC(C)(CC)CC(C)(C)CC. The molecule has 0 N–H and O–H groups in total. The van der Waals surface area contributed by atoms with Crippen molar-refractivity contribution in [1.29, 1.82) is 0 Å². The van der Waals surface area contributed by atoms with Crippen LogP contribution in [0.2, 0.25) is 0 Å². The molecule has 0 heterocycles. The van der Waals surface area contributed by atoms with Gasteiger partial charge in [-0.25, -0.2) is 0 Å². The Kier molecular flexibility index (Phi) is 5.48. The van der Waals surface area contributed by atoms with Crippen LogP contribution in [-0.2, 0) is 0 Å². The van der Waals surface area contributed by atoms with Gasteiger partial charge in [-0.15, -0.1) is 0 Å². The molecule has 0 spiro atoms. The zero-order valence-electron chi connectivity index (χ0n) is 11.0. The lowest BCUT2D eigenvalue weighted by molar-refractivity contribution is 0.209. The second-order valence-corrected chi connectivity index (χ2v) is 5.51. The summed E-state index contributed by atoms with van der Waals surface area (Å²) >= 11 is 0. The molecule has 0 bridgehead atoms. The lowest BCUT2D eigenvalue weighted by atomic mass is 9.71. The third-order valence-electron chi connectivity index (χ3n) is 3.40. The summed E-state index contributed by atoms with van der Waals surface area (Å²) in [6, 6.07) is 0. The van der Waals surface area contributed by atoms with Crippen LogP contribution in [0.5, 0.6) is 0 Å².